The Kier molecular flexibility index (Phi) is 3.03. The predicted molar refractivity (Wildman–Crippen MR) is 63.6 cm³/mol. The molecule has 2 aromatic rings. The van der Waals surface area contributed by atoms with Crippen LogP contribution in [0.4, 0.5) is 0 Å². The fraction of sp³-hybridized carbons (Fsp3) is 0.200. The number of rotatable bonds is 2. The minimum absolute atomic E-state index is 0.282. The number of aromatic nitrogens is 3. The SMILES string of the molecule is CCc1n[nH]c(=O)n1-c1ccc(Cl)c(Cl)c1. The van der Waals surface area contributed by atoms with Crippen LogP contribution >= 0.6 is 23.2 Å². The molecule has 6 heteroatoms. The van der Waals surface area contributed by atoms with Gasteiger partial charge in [0.05, 0.1) is 15.7 Å². The molecule has 1 aromatic heterocycles. The van der Waals surface area contributed by atoms with Crippen LogP contribution in [-0.4, -0.2) is 14.8 Å². The number of hydrogen-bond acceptors (Lipinski definition) is 2. The Labute approximate surface area is 102 Å². The van der Waals surface area contributed by atoms with Crippen molar-refractivity contribution in [3.63, 3.8) is 0 Å². The highest BCUT2D eigenvalue weighted by atomic mass is 35.5. The molecule has 0 unspecified atom stereocenters. The van der Waals surface area contributed by atoms with Crippen molar-refractivity contribution in [3.8, 4) is 5.69 Å². The Bertz CT molecular complexity index is 574. The number of aryl methyl sites for hydroxylation is 1. The summed E-state index contributed by atoms with van der Waals surface area (Å²) < 4.78 is 1.47. The molecule has 0 aliphatic rings. The van der Waals surface area contributed by atoms with E-state index >= 15 is 0 Å². The standard InChI is InChI=1S/C10H9Cl2N3O/c1-2-9-13-14-10(16)15(9)6-3-4-7(11)8(12)5-6/h3-5H,2H2,1H3,(H,14,16). The van der Waals surface area contributed by atoms with Crippen molar-refractivity contribution in [3.05, 3.63) is 44.6 Å². The van der Waals surface area contributed by atoms with E-state index in [9.17, 15) is 4.79 Å². The van der Waals surface area contributed by atoms with E-state index in [1.807, 2.05) is 6.92 Å². The highest BCUT2D eigenvalue weighted by molar-refractivity contribution is 6.42. The Hall–Kier alpha value is -1.26. The zero-order valence-electron chi connectivity index (χ0n) is 8.50. The summed E-state index contributed by atoms with van der Waals surface area (Å²) in [7, 11) is 0. The summed E-state index contributed by atoms with van der Waals surface area (Å²) in [6.45, 7) is 1.92. The Balaban J connectivity index is 2.62. The zero-order chi connectivity index (χ0) is 11.7. The summed E-state index contributed by atoms with van der Waals surface area (Å²) in [5.41, 5.74) is 0.375. The van der Waals surface area contributed by atoms with Gasteiger partial charge >= 0.3 is 5.69 Å². The Morgan fingerprint density at radius 1 is 1.38 bits per heavy atom. The van der Waals surface area contributed by atoms with Gasteiger partial charge in [-0.3, -0.25) is 0 Å². The van der Waals surface area contributed by atoms with E-state index in [0.29, 0.717) is 28.0 Å². The van der Waals surface area contributed by atoms with Crippen molar-refractivity contribution in [2.24, 2.45) is 0 Å². The number of H-pyrrole nitrogens is 1. The first-order valence-electron chi connectivity index (χ1n) is 4.75. The molecular weight excluding hydrogens is 249 g/mol. The molecule has 2 rings (SSSR count). The minimum Gasteiger partial charge on any atom is -0.247 e. The first kappa shape index (κ1) is 11.2. The molecule has 0 amide bonds. The minimum atomic E-state index is -0.282. The lowest BCUT2D eigenvalue weighted by Crippen LogP contribution is -2.16. The molecule has 1 heterocycles. The van der Waals surface area contributed by atoms with Gasteiger partial charge in [-0.2, -0.15) is 5.10 Å². The molecule has 84 valence electrons. The van der Waals surface area contributed by atoms with E-state index in [-0.39, 0.29) is 5.69 Å². The van der Waals surface area contributed by atoms with Crippen molar-refractivity contribution in [1.29, 1.82) is 0 Å². The second kappa shape index (κ2) is 4.31. The second-order valence-electron chi connectivity index (χ2n) is 3.23. The quantitative estimate of drug-likeness (QED) is 0.899. The van der Waals surface area contributed by atoms with Crippen molar-refractivity contribution in [2.75, 3.05) is 0 Å². The lowest BCUT2D eigenvalue weighted by molar-refractivity contribution is 0.873. The lowest BCUT2D eigenvalue weighted by Gasteiger charge is -2.05. The van der Waals surface area contributed by atoms with Crippen LogP contribution in [0.5, 0.6) is 0 Å². The molecule has 0 aliphatic heterocycles. The zero-order valence-corrected chi connectivity index (χ0v) is 10.0. The number of nitrogens with one attached hydrogen (secondary N) is 1. The van der Waals surface area contributed by atoms with Gasteiger partial charge in [0.15, 0.2) is 0 Å². The predicted octanol–water partition coefficient (Wildman–Crippen LogP) is 2.43. The molecule has 0 fully saturated rings. The summed E-state index contributed by atoms with van der Waals surface area (Å²) >= 11 is 11.7. The molecule has 0 radical (unpaired) electrons. The molecule has 0 spiro atoms. The number of hydrogen-bond donors (Lipinski definition) is 1. The van der Waals surface area contributed by atoms with Crippen molar-refractivity contribution in [1.82, 2.24) is 14.8 Å². The van der Waals surface area contributed by atoms with E-state index in [1.165, 1.54) is 4.57 Å². The van der Waals surface area contributed by atoms with Gasteiger partial charge in [0, 0.05) is 6.42 Å². The van der Waals surface area contributed by atoms with Crippen LogP contribution < -0.4 is 5.69 Å². The highest BCUT2D eigenvalue weighted by Crippen LogP contribution is 2.24. The molecule has 1 N–H and O–H groups in total. The van der Waals surface area contributed by atoms with Gasteiger partial charge in [-0.05, 0) is 18.2 Å². The maximum Gasteiger partial charge on any atom is 0.347 e. The van der Waals surface area contributed by atoms with Gasteiger partial charge < -0.3 is 0 Å². The van der Waals surface area contributed by atoms with Crippen molar-refractivity contribution >= 4 is 23.2 Å². The maximum atomic E-state index is 11.6. The third kappa shape index (κ3) is 1.86. The second-order valence-corrected chi connectivity index (χ2v) is 4.05. The van der Waals surface area contributed by atoms with Gasteiger partial charge in [-0.1, -0.05) is 30.1 Å². The van der Waals surface area contributed by atoms with Gasteiger partial charge in [0.25, 0.3) is 0 Å². The van der Waals surface area contributed by atoms with Crippen LogP contribution in [0, 0.1) is 0 Å². The maximum absolute atomic E-state index is 11.6. The topological polar surface area (TPSA) is 50.7 Å². The van der Waals surface area contributed by atoms with Crippen LogP contribution in [0.15, 0.2) is 23.0 Å². The molecule has 16 heavy (non-hydrogen) atoms. The molecule has 4 nitrogen and oxygen atoms in total. The third-order valence-electron chi connectivity index (χ3n) is 2.22. The average molecular weight is 258 g/mol. The van der Waals surface area contributed by atoms with Crippen molar-refractivity contribution < 1.29 is 0 Å². The summed E-state index contributed by atoms with van der Waals surface area (Å²) in [6, 6.07) is 5.02. The first-order valence-corrected chi connectivity index (χ1v) is 5.50. The first-order chi connectivity index (χ1) is 7.63. The summed E-state index contributed by atoms with van der Waals surface area (Å²) in [5.74, 6) is 0.656. The Morgan fingerprint density at radius 2 is 2.12 bits per heavy atom. The summed E-state index contributed by atoms with van der Waals surface area (Å²) in [6.07, 6.45) is 0.652. The van der Waals surface area contributed by atoms with Gasteiger partial charge in [-0.25, -0.2) is 14.5 Å². The van der Waals surface area contributed by atoms with Crippen molar-refractivity contribution in [2.45, 2.75) is 13.3 Å². The summed E-state index contributed by atoms with van der Waals surface area (Å²) in [5, 5.41) is 7.18. The van der Waals surface area contributed by atoms with Crippen LogP contribution in [0.3, 0.4) is 0 Å². The smallest absolute Gasteiger partial charge is 0.247 e. The fourth-order valence-electron chi connectivity index (χ4n) is 1.46. The van der Waals surface area contributed by atoms with E-state index in [1.54, 1.807) is 18.2 Å². The number of aromatic amines is 1. The molecule has 0 bridgehead atoms. The van der Waals surface area contributed by atoms with E-state index < -0.39 is 0 Å². The number of nitrogens with zero attached hydrogens (tertiary/aromatic N) is 2. The highest BCUT2D eigenvalue weighted by Gasteiger charge is 2.09. The fourth-order valence-corrected chi connectivity index (χ4v) is 1.75. The van der Waals surface area contributed by atoms with Gasteiger partial charge in [0.2, 0.25) is 0 Å². The monoisotopic (exact) mass is 257 g/mol. The van der Waals surface area contributed by atoms with Crippen LogP contribution in [0.2, 0.25) is 10.0 Å². The van der Waals surface area contributed by atoms with Gasteiger partial charge in [-0.15, -0.1) is 0 Å². The third-order valence-corrected chi connectivity index (χ3v) is 2.96. The van der Waals surface area contributed by atoms with Crippen LogP contribution in [0.1, 0.15) is 12.7 Å². The lowest BCUT2D eigenvalue weighted by atomic mass is 10.3. The van der Waals surface area contributed by atoms with Gasteiger partial charge in [0.1, 0.15) is 5.82 Å². The average Bonchev–Trinajstić information content (AvgIpc) is 2.64. The van der Waals surface area contributed by atoms with E-state index in [2.05, 4.69) is 10.2 Å². The molecule has 0 saturated heterocycles. The van der Waals surface area contributed by atoms with E-state index in [0.717, 1.165) is 0 Å². The molecule has 1 aromatic carbocycles. The van der Waals surface area contributed by atoms with Crippen LogP contribution in [-0.2, 0) is 6.42 Å². The van der Waals surface area contributed by atoms with E-state index in [4.69, 9.17) is 23.2 Å². The Morgan fingerprint density at radius 3 is 2.75 bits per heavy atom. The normalized spacial score (nSPS) is 10.7. The molecule has 0 saturated carbocycles. The van der Waals surface area contributed by atoms with Crippen LogP contribution in [0.25, 0.3) is 5.69 Å². The number of halogens is 2. The largest absolute Gasteiger partial charge is 0.347 e. The summed E-state index contributed by atoms with van der Waals surface area (Å²) in [4.78, 5) is 11.6. The molecule has 0 aliphatic carbocycles. The molecular formula is C10H9Cl2N3O. The molecule has 0 atom stereocenters. The number of benzene rings is 1.